The van der Waals surface area contributed by atoms with Gasteiger partial charge in [0.15, 0.2) is 0 Å². The highest BCUT2D eigenvalue weighted by molar-refractivity contribution is 9.10. The third-order valence-corrected chi connectivity index (χ3v) is 6.27. The summed E-state index contributed by atoms with van der Waals surface area (Å²) in [7, 11) is 1.72. The number of morpholine rings is 2. The summed E-state index contributed by atoms with van der Waals surface area (Å²) in [5.74, 6) is 0.876. The van der Waals surface area contributed by atoms with Crippen LogP contribution in [-0.4, -0.2) is 69.5 Å². The van der Waals surface area contributed by atoms with Crippen LogP contribution in [0.5, 0.6) is 5.75 Å². The van der Waals surface area contributed by atoms with Crippen molar-refractivity contribution in [3.63, 3.8) is 0 Å². The maximum absolute atomic E-state index is 5.52. The van der Waals surface area contributed by atoms with Crippen LogP contribution in [0.1, 0.15) is 11.1 Å². The molecule has 2 heterocycles. The van der Waals surface area contributed by atoms with Crippen molar-refractivity contribution in [2.75, 3.05) is 59.7 Å². The predicted molar refractivity (Wildman–Crippen MR) is 110 cm³/mol. The summed E-state index contributed by atoms with van der Waals surface area (Å²) < 4.78 is 17.6. The number of benzene rings is 2. The first-order valence-corrected chi connectivity index (χ1v) is 10.4. The highest BCUT2D eigenvalue weighted by Crippen LogP contribution is 2.35. The Labute approximate surface area is 169 Å². The van der Waals surface area contributed by atoms with Gasteiger partial charge in [-0.25, -0.2) is 0 Å². The summed E-state index contributed by atoms with van der Waals surface area (Å²) in [6.45, 7) is 9.23. The van der Waals surface area contributed by atoms with Crippen molar-refractivity contribution < 1.29 is 14.2 Å². The van der Waals surface area contributed by atoms with Gasteiger partial charge < -0.3 is 14.2 Å². The minimum absolute atomic E-state index is 0.823. The van der Waals surface area contributed by atoms with E-state index in [1.54, 1.807) is 7.11 Å². The molecule has 0 atom stereocenters. The molecule has 5 nitrogen and oxygen atoms in total. The van der Waals surface area contributed by atoms with Crippen molar-refractivity contribution in [1.82, 2.24) is 9.80 Å². The highest BCUT2D eigenvalue weighted by Gasteiger charge is 2.18. The molecule has 2 saturated heterocycles. The van der Waals surface area contributed by atoms with Crippen molar-refractivity contribution in [1.29, 1.82) is 0 Å². The standard InChI is InChI=1S/C21H27BrN2O3/c1-25-20-3-2-16-12-17(14-23-4-8-26-9-5-23)18(13-19(16)21(20)22)15-24-6-10-27-11-7-24/h2-3,12-13H,4-11,14-15H2,1H3. The summed E-state index contributed by atoms with van der Waals surface area (Å²) in [6.07, 6.45) is 0. The second-order valence-electron chi connectivity index (χ2n) is 7.20. The Kier molecular flexibility index (Phi) is 6.30. The number of hydrogen-bond acceptors (Lipinski definition) is 5. The van der Waals surface area contributed by atoms with Gasteiger partial charge in [-0.3, -0.25) is 9.80 Å². The minimum atomic E-state index is 0.823. The lowest BCUT2D eigenvalue weighted by atomic mass is 9.99. The van der Waals surface area contributed by atoms with Crippen LogP contribution >= 0.6 is 15.9 Å². The van der Waals surface area contributed by atoms with E-state index >= 15 is 0 Å². The number of hydrogen-bond donors (Lipinski definition) is 0. The lowest BCUT2D eigenvalue weighted by molar-refractivity contribution is 0.0309. The molecule has 2 aliphatic heterocycles. The third kappa shape index (κ3) is 4.46. The lowest BCUT2D eigenvalue weighted by Crippen LogP contribution is -2.37. The van der Waals surface area contributed by atoms with Crippen molar-refractivity contribution in [2.45, 2.75) is 13.1 Å². The van der Waals surface area contributed by atoms with Gasteiger partial charge in [-0.1, -0.05) is 6.07 Å². The lowest BCUT2D eigenvalue weighted by Gasteiger charge is -2.30. The van der Waals surface area contributed by atoms with Gasteiger partial charge in [0, 0.05) is 39.3 Å². The zero-order valence-corrected chi connectivity index (χ0v) is 17.5. The topological polar surface area (TPSA) is 34.2 Å². The van der Waals surface area contributed by atoms with Crippen molar-refractivity contribution in [3.05, 3.63) is 39.9 Å². The average Bonchev–Trinajstić information content (AvgIpc) is 2.71. The Bertz CT molecular complexity index is 787. The average molecular weight is 435 g/mol. The summed E-state index contributed by atoms with van der Waals surface area (Å²) in [5, 5.41) is 2.46. The van der Waals surface area contributed by atoms with E-state index in [4.69, 9.17) is 14.2 Å². The van der Waals surface area contributed by atoms with Gasteiger partial charge in [0.2, 0.25) is 0 Å². The molecule has 146 valence electrons. The van der Waals surface area contributed by atoms with Crippen LogP contribution in [0.2, 0.25) is 0 Å². The summed E-state index contributed by atoms with van der Waals surface area (Å²) in [6, 6.07) is 8.88. The van der Waals surface area contributed by atoms with Crippen LogP contribution in [0.15, 0.2) is 28.7 Å². The van der Waals surface area contributed by atoms with Gasteiger partial charge >= 0.3 is 0 Å². The molecule has 0 bridgehead atoms. The van der Waals surface area contributed by atoms with E-state index in [2.05, 4.69) is 43.9 Å². The van der Waals surface area contributed by atoms with Gasteiger partial charge in [0.25, 0.3) is 0 Å². The van der Waals surface area contributed by atoms with Crippen LogP contribution in [0.3, 0.4) is 0 Å². The van der Waals surface area contributed by atoms with E-state index in [1.807, 2.05) is 6.07 Å². The smallest absolute Gasteiger partial charge is 0.133 e. The highest BCUT2D eigenvalue weighted by atomic mass is 79.9. The van der Waals surface area contributed by atoms with Gasteiger partial charge in [-0.2, -0.15) is 0 Å². The number of nitrogens with zero attached hydrogens (tertiary/aromatic N) is 2. The maximum atomic E-state index is 5.52. The second-order valence-corrected chi connectivity index (χ2v) is 7.99. The predicted octanol–water partition coefficient (Wildman–Crippen LogP) is 3.28. The van der Waals surface area contributed by atoms with Crippen LogP contribution < -0.4 is 4.74 Å². The quantitative estimate of drug-likeness (QED) is 0.721. The monoisotopic (exact) mass is 434 g/mol. The van der Waals surface area contributed by atoms with E-state index in [1.165, 1.54) is 21.9 Å². The van der Waals surface area contributed by atoms with Crippen LogP contribution in [0.25, 0.3) is 10.8 Å². The van der Waals surface area contributed by atoms with Crippen molar-refractivity contribution in [2.24, 2.45) is 0 Å². The molecular formula is C21H27BrN2O3. The molecule has 0 aromatic heterocycles. The molecule has 27 heavy (non-hydrogen) atoms. The fourth-order valence-corrected chi connectivity index (χ4v) is 4.50. The molecule has 2 aliphatic rings. The Morgan fingerprint density at radius 2 is 1.44 bits per heavy atom. The maximum Gasteiger partial charge on any atom is 0.133 e. The van der Waals surface area contributed by atoms with E-state index in [0.717, 1.165) is 75.9 Å². The molecule has 2 fully saturated rings. The Hall–Kier alpha value is -1.18. The Morgan fingerprint density at radius 3 is 2.00 bits per heavy atom. The summed E-state index contributed by atoms with van der Waals surface area (Å²) in [5.41, 5.74) is 2.80. The Morgan fingerprint density at radius 1 is 0.889 bits per heavy atom. The second kappa shape index (κ2) is 8.88. The van der Waals surface area contributed by atoms with Gasteiger partial charge in [-0.15, -0.1) is 0 Å². The van der Waals surface area contributed by atoms with Crippen LogP contribution in [0, 0.1) is 0 Å². The van der Waals surface area contributed by atoms with E-state index in [9.17, 15) is 0 Å². The van der Waals surface area contributed by atoms with Crippen LogP contribution in [0.4, 0.5) is 0 Å². The molecule has 0 radical (unpaired) electrons. The molecule has 4 rings (SSSR count). The summed E-state index contributed by atoms with van der Waals surface area (Å²) in [4.78, 5) is 4.98. The first-order chi connectivity index (χ1) is 13.2. The SMILES string of the molecule is COc1ccc2cc(CN3CCOCC3)c(CN3CCOCC3)cc2c1Br. The zero-order valence-electron chi connectivity index (χ0n) is 15.9. The molecular weight excluding hydrogens is 408 g/mol. The normalized spacial score (nSPS) is 19.5. The molecule has 2 aromatic carbocycles. The van der Waals surface area contributed by atoms with E-state index in [-0.39, 0.29) is 0 Å². The first-order valence-electron chi connectivity index (χ1n) is 9.63. The molecule has 0 spiro atoms. The zero-order chi connectivity index (χ0) is 18.6. The van der Waals surface area contributed by atoms with E-state index in [0.29, 0.717) is 0 Å². The largest absolute Gasteiger partial charge is 0.496 e. The van der Waals surface area contributed by atoms with Crippen molar-refractivity contribution >= 4 is 26.7 Å². The molecule has 6 heteroatoms. The van der Waals surface area contributed by atoms with Gasteiger partial charge in [0.05, 0.1) is 38.0 Å². The molecule has 2 aromatic rings. The number of ether oxygens (including phenoxy) is 3. The number of methoxy groups -OCH3 is 1. The number of rotatable bonds is 5. The molecule has 0 aliphatic carbocycles. The third-order valence-electron chi connectivity index (χ3n) is 5.45. The minimum Gasteiger partial charge on any atom is -0.496 e. The molecule has 0 unspecified atom stereocenters. The van der Waals surface area contributed by atoms with Gasteiger partial charge in [-0.05, 0) is 56.0 Å². The Balaban J connectivity index is 1.69. The van der Waals surface area contributed by atoms with Crippen LogP contribution in [-0.2, 0) is 22.6 Å². The number of fused-ring (bicyclic) bond motifs is 1. The van der Waals surface area contributed by atoms with Gasteiger partial charge in [0.1, 0.15) is 5.75 Å². The molecule has 0 amide bonds. The van der Waals surface area contributed by atoms with Crippen molar-refractivity contribution in [3.8, 4) is 5.75 Å². The fourth-order valence-electron chi connectivity index (χ4n) is 3.86. The first kappa shape index (κ1) is 19.2. The molecule has 0 saturated carbocycles. The fraction of sp³-hybridized carbons (Fsp3) is 0.524. The molecule has 0 N–H and O–H groups in total. The summed E-state index contributed by atoms with van der Waals surface area (Å²) >= 11 is 3.74. The van der Waals surface area contributed by atoms with E-state index < -0.39 is 0 Å². The number of halogens is 1.